The fourth-order valence-corrected chi connectivity index (χ4v) is 5.74. The van der Waals surface area contributed by atoms with E-state index < -0.39 is 12.2 Å². The zero-order valence-corrected chi connectivity index (χ0v) is 18.8. The van der Waals surface area contributed by atoms with Crippen molar-refractivity contribution in [2.45, 2.75) is 32.0 Å². The Bertz CT molecular complexity index is 1140. The number of piperazine rings is 1. The number of halogens is 1. The van der Waals surface area contributed by atoms with Crippen molar-refractivity contribution >= 4 is 39.1 Å². The van der Waals surface area contributed by atoms with Crippen LogP contribution in [0, 0.1) is 0 Å². The molecule has 31 heavy (non-hydrogen) atoms. The number of pyridine rings is 1. The summed E-state index contributed by atoms with van der Waals surface area (Å²) >= 11 is 8.01. The summed E-state index contributed by atoms with van der Waals surface area (Å²) in [5, 5.41) is 14.2. The predicted octanol–water partition coefficient (Wildman–Crippen LogP) is 3.80. The topological polar surface area (TPSA) is 74.7 Å². The predicted molar refractivity (Wildman–Crippen MR) is 123 cm³/mol. The second-order valence-electron chi connectivity index (χ2n) is 7.97. The van der Waals surface area contributed by atoms with Crippen LogP contribution in [0.25, 0.3) is 21.3 Å². The first-order valence-corrected chi connectivity index (χ1v) is 11.8. The van der Waals surface area contributed by atoms with Gasteiger partial charge < -0.3 is 20.1 Å². The van der Waals surface area contributed by atoms with Gasteiger partial charge in [-0.25, -0.2) is 0 Å². The van der Waals surface area contributed by atoms with Gasteiger partial charge in [0.05, 0.1) is 16.3 Å². The van der Waals surface area contributed by atoms with Gasteiger partial charge in [-0.3, -0.25) is 9.78 Å². The highest BCUT2D eigenvalue weighted by Crippen LogP contribution is 2.45. The first-order valence-electron chi connectivity index (χ1n) is 10.6. The molecule has 1 unspecified atom stereocenters. The Hall–Kier alpha value is -2.19. The van der Waals surface area contributed by atoms with E-state index >= 15 is 0 Å². The molecule has 0 spiro atoms. The maximum Gasteiger partial charge on any atom is 0.264 e. The number of hydrogen-bond acceptors (Lipinski definition) is 6. The fraction of sp³-hybridized carbons (Fsp3) is 0.391. The second kappa shape index (κ2) is 8.39. The van der Waals surface area contributed by atoms with E-state index in [4.69, 9.17) is 16.3 Å². The van der Waals surface area contributed by atoms with Gasteiger partial charge in [0.2, 0.25) is 0 Å². The molecule has 6 nitrogen and oxygen atoms in total. The first kappa shape index (κ1) is 20.7. The number of carbonyl (C=O) groups excluding carboxylic acids is 1. The molecular weight excluding hydrogens is 434 g/mol. The van der Waals surface area contributed by atoms with Crippen LogP contribution in [0.5, 0.6) is 5.75 Å². The van der Waals surface area contributed by atoms with Gasteiger partial charge in [0.1, 0.15) is 5.75 Å². The zero-order valence-electron chi connectivity index (χ0n) is 17.2. The molecule has 0 bridgehead atoms. The molecule has 0 saturated carbocycles. The minimum Gasteiger partial charge on any atom is -0.479 e. The molecule has 8 heteroatoms. The third kappa shape index (κ3) is 3.80. The lowest BCUT2D eigenvalue weighted by Gasteiger charge is -2.29. The minimum atomic E-state index is -0.525. The van der Waals surface area contributed by atoms with E-state index in [-0.39, 0.29) is 5.91 Å². The second-order valence-corrected chi connectivity index (χ2v) is 9.49. The number of carbonyl (C=O) groups is 1. The number of aliphatic hydroxyl groups is 1. The number of amides is 1. The molecule has 2 aliphatic heterocycles. The summed E-state index contributed by atoms with van der Waals surface area (Å²) in [5.41, 5.74) is 3.61. The van der Waals surface area contributed by atoms with Gasteiger partial charge in [0.15, 0.2) is 6.10 Å². The number of aromatic nitrogens is 1. The lowest BCUT2D eigenvalue weighted by atomic mass is 10.0. The van der Waals surface area contributed by atoms with Crippen LogP contribution in [0.1, 0.15) is 29.9 Å². The Morgan fingerprint density at radius 1 is 1.35 bits per heavy atom. The Balaban J connectivity index is 1.53. The summed E-state index contributed by atoms with van der Waals surface area (Å²) in [6.07, 6.45) is 1.90. The van der Waals surface area contributed by atoms with Crippen molar-refractivity contribution in [1.82, 2.24) is 15.2 Å². The molecule has 0 aliphatic carbocycles. The van der Waals surface area contributed by atoms with E-state index in [0.29, 0.717) is 31.0 Å². The van der Waals surface area contributed by atoms with Crippen LogP contribution < -0.4 is 10.1 Å². The standard InChI is InChI=1S/C23H24ClN3O3S/c1-2-18(28)20-12-17-22(31-20)15(3-4-26-17)16-11-14(24)9-13-10-19(30-21(13)16)23(29)27-7-5-25-6-8-27/h3-4,9,11-12,18-19,25,28H,2,5-8,10H2,1H3/t18-,19?/m1/s1. The monoisotopic (exact) mass is 457 g/mol. The Morgan fingerprint density at radius 2 is 2.16 bits per heavy atom. The number of rotatable bonds is 4. The highest BCUT2D eigenvalue weighted by atomic mass is 35.5. The first-order chi connectivity index (χ1) is 15.0. The molecular formula is C23H24ClN3O3S. The summed E-state index contributed by atoms with van der Waals surface area (Å²) in [5.74, 6) is 0.750. The molecule has 2 N–H and O–H groups in total. The summed E-state index contributed by atoms with van der Waals surface area (Å²) < 4.78 is 7.23. The van der Waals surface area contributed by atoms with Crippen LogP contribution in [0.3, 0.4) is 0 Å². The van der Waals surface area contributed by atoms with Crippen LogP contribution in [0.4, 0.5) is 0 Å². The number of fused-ring (bicyclic) bond motifs is 2. The summed E-state index contributed by atoms with van der Waals surface area (Å²) in [4.78, 5) is 20.3. The van der Waals surface area contributed by atoms with E-state index in [1.165, 1.54) is 11.3 Å². The third-order valence-corrected chi connectivity index (χ3v) is 7.41. The van der Waals surface area contributed by atoms with Crippen LogP contribution in [-0.2, 0) is 11.2 Å². The largest absolute Gasteiger partial charge is 0.479 e. The van der Waals surface area contributed by atoms with E-state index in [0.717, 1.165) is 50.6 Å². The zero-order chi connectivity index (χ0) is 21.5. The molecule has 1 saturated heterocycles. The number of nitrogens with one attached hydrogen (secondary N) is 1. The number of nitrogens with zero attached hydrogens (tertiary/aromatic N) is 2. The van der Waals surface area contributed by atoms with Crippen molar-refractivity contribution < 1.29 is 14.6 Å². The van der Waals surface area contributed by atoms with Crippen LogP contribution in [-0.4, -0.2) is 53.2 Å². The number of aliphatic hydroxyl groups excluding tert-OH is 1. The van der Waals surface area contributed by atoms with Gasteiger partial charge in [0.25, 0.3) is 5.91 Å². The summed E-state index contributed by atoms with van der Waals surface area (Å²) in [6.45, 7) is 4.97. The number of hydrogen-bond donors (Lipinski definition) is 2. The van der Waals surface area contributed by atoms with E-state index in [2.05, 4.69) is 10.3 Å². The molecule has 162 valence electrons. The SMILES string of the molecule is CC[C@@H](O)c1cc2nccc(-c3cc(Cl)cc4c3OC(C(=O)N3CCNCC3)C4)c2s1. The normalized spacial score (nSPS) is 19.3. The van der Waals surface area contributed by atoms with Gasteiger partial charge in [-0.1, -0.05) is 18.5 Å². The van der Waals surface area contributed by atoms with Gasteiger partial charge >= 0.3 is 0 Å². The molecule has 3 aromatic rings. The van der Waals surface area contributed by atoms with Gasteiger partial charge in [-0.05, 0) is 30.7 Å². The van der Waals surface area contributed by atoms with Crippen LogP contribution in [0.2, 0.25) is 5.02 Å². The van der Waals surface area contributed by atoms with Crippen molar-refractivity contribution in [3.8, 4) is 16.9 Å². The smallest absolute Gasteiger partial charge is 0.264 e. The molecule has 1 aromatic carbocycles. The molecule has 2 aromatic heterocycles. The third-order valence-electron chi connectivity index (χ3n) is 5.94. The van der Waals surface area contributed by atoms with Gasteiger partial charge in [-0.15, -0.1) is 11.3 Å². The van der Waals surface area contributed by atoms with E-state index in [1.54, 1.807) is 6.20 Å². The average molecular weight is 458 g/mol. The van der Waals surface area contributed by atoms with Gasteiger partial charge in [0, 0.05) is 65.4 Å². The quantitative estimate of drug-likeness (QED) is 0.623. The van der Waals surface area contributed by atoms with Crippen LogP contribution in [0.15, 0.2) is 30.5 Å². The Labute approximate surface area is 189 Å². The Kier molecular flexibility index (Phi) is 5.60. The highest BCUT2D eigenvalue weighted by molar-refractivity contribution is 7.19. The molecule has 1 fully saturated rings. The molecule has 1 amide bonds. The van der Waals surface area contributed by atoms with Crippen molar-refractivity contribution in [3.63, 3.8) is 0 Å². The lowest BCUT2D eigenvalue weighted by Crippen LogP contribution is -2.50. The fourth-order valence-electron chi connectivity index (χ4n) is 4.29. The van der Waals surface area contributed by atoms with Crippen molar-refractivity contribution in [2.24, 2.45) is 0 Å². The molecule has 0 radical (unpaired) electrons. The van der Waals surface area contributed by atoms with E-state index in [9.17, 15) is 9.90 Å². The average Bonchev–Trinajstić information content (AvgIpc) is 3.42. The minimum absolute atomic E-state index is 0.0316. The van der Waals surface area contributed by atoms with E-state index in [1.807, 2.05) is 36.1 Å². The highest BCUT2D eigenvalue weighted by Gasteiger charge is 2.35. The molecule has 2 atom stereocenters. The van der Waals surface area contributed by atoms with Crippen molar-refractivity contribution in [2.75, 3.05) is 26.2 Å². The lowest BCUT2D eigenvalue weighted by molar-refractivity contribution is -0.138. The molecule has 4 heterocycles. The number of benzene rings is 1. The summed E-state index contributed by atoms with van der Waals surface area (Å²) in [7, 11) is 0. The number of thiophene rings is 1. The maximum absolute atomic E-state index is 13.0. The molecule has 2 aliphatic rings. The summed E-state index contributed by atoms with van der Waals surface area (Å²) in [6, 6.07) is 7.68. The molecule has 5 rings (SSSR count). The van der Waals surface area contributed by atoms with Crippen LogP contribution >= 0.6 is 22.9 Å². The number of ether oxygens (including phenoxy) is 1. The van der Waals surface area contributed by atoms with Gasteiger partial charge in [-0.2, -0.15) is 0 Å². The Morgan fingerprint density at radius 3 is 2.94 bits per heavy atom. The van der Waals surface area contributed by atoms with Crippen molar-refractivity contribution in [1.29, 1.82) is 0 Å². The van der Waals surface area contributed by atoms with Crippen molar-refractivity contribution in [3.05, 3.63) is 45.9 Å². The maximum atomic E-state index is 13.0.